The zero-order valence-electron chi connectivity index (χ0n) is 17.0. The van der Waals surface area contributed by atoms with Crippen molar-refractivity contribution in [3.63, 3.8) is 0 Å². The maximum atomic E-state index is 5.25. The van der Waals surface area contributed by atoms with Gasteiger partial charge in [-0.15, -0.1) is 6.58 Å². The predicted octanol–water partition coefficient (Wildman–Crippen LogP) is 6.60. The fourth-order valence-corrected chi connectivity index (χ4v) is 4.50. The number of imidazole rings is 2. The van der Waals surface area contributed by atoms with Crippen LogP contribution in [0.3, 0.4) is 0 Å². The Balaban J connectivity index is 0.000000169. The first-order valence-electron chi connectivity index (χ1n) is 10.6. The third kappa shape index (κ3) is 7.12. The van der Waals surface area contributed by atoms with E-state index in [2.05, 4.69) is 52.0 Å². The first-order chi connectivity index (χ1) is 14.1. The second-order valence-corrected chi connectivity index (χ2v) is 8.80. The minimum atomic E-state index is 0.737. The summed E-state index contributed by atoms with van der Waals surface area (Å²) in [6.07, 6.45) is 24.8. The number of nitrogens with zero attached hydrogens (tertiary/aromatic N) is 1. The van der Waals surface area contributed by atoms with Crippen LogP contribution in [0.4, 0.5) is 0 Å². The SMILES string of the molecule is C=CCn1cc(CC2CC=CCC2)[nH]c1=S.S=c1[nH]cc(CC2CC=CCC2)[nH]1. The topological polar surface area (TPSA) is 52.3 Å². The van der Waals surface area contributed by atoms with Gasteiger partial charge in [0.1, 0.15) is 0 Å². The van der Waals surface area contributed by atoms with Crippen molar-refractivity contribution >= 4 is 24.4 Å². The molecule has 0 aromatic carbocycles. The van der Waals surface area contributed by atoms with Gasteiger partial charge in [0.05, 0.1) is 0 Å². The van der Waals surface area contributed by atoms with Gasteiger partial charge in [-0.1, -0.05) is 30.4 Å². The van der Waals surface area contributed by atoms with Gasteiger partial charge in [-0.2, -0.15) is 0 Å². The Labute approximate surface area is 183 Å². The summed E-state index contributed by atoms with van der Waals surface area (Å²) in [7, 11) is 0. The number of rotatable bonds is 6. The van der Waals surface area contributed by atoms with Gasteiger partial charge < -0.3 is 19.5 Å². The Hall–Kier alpha value is -1.92. The van der Waals surface area contributed by atoms with Crippen LogP contribution in [0.5, 0.6) is 0 Å². The number of H-pyrrole nitrogens is 3. The van der Waals surface area contributed by atoms with Crippen molar-refractivity contribution in [2.45, 2.75) is 57.9 Å². The lowest BCUT2D eigenvalue weighted by atomic mass is 9.90. The van der Waals surface area contributed by atoms with Crippen LogP contribution in [0.15, 0.2) is 49.4 Å². The van der Waals surface area contributed by atoms with Gasteiger partial charge in [0.2, 0.25) is 0 Å². The van der Waals surface area contributed by atoms with Crippen LogP contribution in [-0.4, -0.2) is 19.5 Å². The summed E-state index contributed by atoms with van der Waals surface area (Å²) < 4.78 is 3.58. The highest BCUT2D eigenvalue weighted by Crippen LogP contribution is 2.22. The Morgan fingerprint density at radius 3 is 2.14 bits per heavy atom. The zero-order valence-corrected chi connectivity index (χ0v) is 18.7. The molecule has 2 heterocycles. The Kier molecular flexibility index (Phi) is 8.50. The quantitative estimate of drug-likeness (QED) is 0.358. The zero-order chi connectivity index (χ0) is 20.5. The minimum Gasteiger partial charge on any atom is -0.337 e. The van der Waals surface area contributed by atoms with Crippen molar-refractivity contribution in [2.24, 2.45) is 11.8 Å². The summed E-state index contributed by atoms with van der Waals surface area (Å²) >= 11 is 10.2. The van der Waals surface area contributed by atoms with Crippen LogP contribution < -0.4 is 0 Å². The second kappa shape index (κ2) is 11.3. The van der Waals surface area contributed by atoms with Crippen LogP contribution in [-0.2, 0) is 19.4 Å². The highest BCUT2D eigenvalue weighted by molar-refractivity contribution is 7.71. The van der Waals surface area contributed by atoms with Gasteiger partial charge in [0.15, 0.2) is 9.54 Å². The number of hydrogen-bond acceptors (Lipinski definition) is 2. The van der Waals surface area contributed by atoms with Crippen LogP contribution in [0, 0.1) is 21.4 Å². The largest absolute Gasteiger partial charge is 0.337 e. The van der Waals surface area contributed by atoms with Gasteiger partial charge in [0, 0.05) is 30.3 Å². The molecule has 0 amide bonds. The van der Waals surface area contributed by atoms with Gasteiger partial charge in [-0.3, -0.25) is 0 Å². The molecule has 0 saturated carbocycles. The highest BCUT2D eigenvalue weighted by Gasteiger charge is 2.12. The first kappa shape index (κ1) is 21.8. The van der Waals surface area contributed by atoms with Crippen molar-refractivity contribution in [3.8, 4) is 0 Å². The Bertz CT molecular complexity index is 940. The summed E-state index contributed by atoms with van der Waals surface area (Å²) in [5.74, 6) is 1.57. The molecule has 2 aromatic rings. The predicted molar refractivity (Wildman–Crippen MR) is 126 cm³/mol. The number of aromatic amines is 3. The van der Waals surface area contributed by atoms with E-state index in [-0.39, 0.29) is 0 Å². The third-order valence-corrected chi connectivity index (χ3v) is 6.15. The van der Waals surface area contributed by atoms with Crippen LogP contribution >= 0.6 is 24.4 Å². The number of allylic oxidation sites excluding steroid dienone is 5. The molecule has 0 spiro atoms. The van der Waals surface area contributed by atoms with E-state index in [0.29, 0.717) is 0 Å². The minimum absolute atomic E-state index is 0.737. The van der Waals surface area contributed by atoms with Crippen molar-refractivity contribution in [3.05, 3.63) is 70.3 Å². The van der Waals surface area contributed by atoms with Gasteiger partial charge in [-0.05, 0) is 87.6 Å². The van der Waals surface area contributed by atoms with E-state index in [1.807, 2.05) is 16.8 Å². The molecule has 2 atom stereocenters. The lowest BCUT2D eigenvalue weighted by Crippen LogP contribution is -2.06. The van der Waals surface area contributed by atoms with E-state index < -0.39 is 0 Å². The monoisotopic (exact) mass is 428 g/mol. The molecule has 156 valence electrons. The summed E-state index contributed by atoms with van der Waals surface area (Å²) in [6, 6.07) is 0. The fraction of sp³-hybridized carbons (Fsp3) is 0.478. The molecule has 2 aliphatic carbocycles. The summed E-state index contributed by atoms with van der Waals surface area (Å²) in [6.45, 7) is 4.52. The van der Waals surface area contributed by atoms with Gasteiger partial charge >= 0.3 is 0 Å². The average molecular weight is 429 g/mol. The molecule has 0 fully saturated rings. The summed E-state index contributed by atoms with van der Waals surface area (Å²) in [4.78, 5) is 9.44. The molecule has 4 rings (SSSR count). The van der Waals surface area contributed by atoms with E-state index in [0.717, 1.165) is 40.8 Å². The Morgan fingerprint density at radius 2 is 1.62 bits per heavy atom. The number of nitrogens with one attached hydrogen (secondary N) is 3. The van der Waals surface area contributed by atoms with E-state index in [1.54, 1.807) is 0 Å². The number of hydrogen-bond donors (Lipinski definition) is 3. The molecule has 0 radical (unpaired) electrons. The molecule has 4 nitrogen and oxygen atoms in total. The molecule has 6 heteroatoms. The Morgan fingerprint density at radius 1 is 0.966 bits per heavy atom. The second-order valence-electron chi connectivity index (χ2n) is 8.00. The smallest absolute Gasteiger partial charge is 0.177 e. The fourth-order valence-electron chi connectivity index (χ4n) is 4.05. The average Bonchev–Trinajstić information content (AvgIpc) is 3.29. The molecule has 29 heavy (non-hydrogen) atoms. The van der Waals surface area contributed by atoms with E-state index in [9.17, 15) is 0 Å². The van der Waals surface area contributed by atoms with Crippen LogP contribution in [0.2, 0.25) is 0 Å². The van der Waals surface area contributed by atoms with Crippen molar-refractivity contribution in [1.82, 2.24) is 19.5 Å². The molecule has 3 N–H and O–H groups in total. The molecule has 0 bridgehead atoms. The summed E-state index contributed by atoms with van der Waals surface area (Å²) in [5, 5.41) is 0. The first-order valence-corrected chi connectivity index (χ1v) is 11.4. The molecular formula is C23H32N4S2. The molecule has 0 saturated heterocycles. The maximum absolute atomic E-state index is 5.25. The van der Waals surface area contributed by atoms with Crippen molar-refractivity contribution in [2.75, 3.05) is 0 Å². The maximum Gasteiger partial charge on any atom is 0.177 e. The normalized spacial score (nSPS) is 20.8. The molecule has 2 unspecified atom stereocenters. The highest BCUT2D eigenvalue weighted by atomic mass is 32.1. The van der Waals surface area contributed by atoms with E-state index in [1.165, 1.54) is 49.9 Å². The van der Waals surface area contributed by atoms with Crippen molar-refractivity contribution in [1.29, 1.82) is 0 Å². The standard InChI is InChI=1S/C13H18N2S.C10H14N2S/c1-2-8-15-10-12(14-13(15)16)9-11-6-4-3-5-7-11;13-10-11-7-9(12-10)6-8-4-2-1-3-5-8/h2-4,10-11H,1,5-9H2,(H,14,16);1-2,7-8H,3-6H2,(H2,11,12,13). The number of aromatic nitrogens is 4. The van der Waals surface area contributed by atoms with Crippen molar-refractivity contribution < 1.29 is 0 Å². The van der Waals surface area contributed by atoms with E-state index in [4.69, 9.17) is 24.4 Å². The lowest BCUT2D eigenvalue weighted by molar-refractivity contribution is 0.473. The van der Waals surface area contributed by atoms with Crippen LogP contribution in [0.25, 0.3) is 0 Å². The molecule has 2 aliphatic rings. The van der Waals surface area contributed by atoms with Gasteiger partial charge in [-0.25, -0.2) is 0 Å². The summed E-state index contributed by atoms with van der Waals surface area (Å²) in [5.41, 5.74) is 2.50. The lowest BCUT2D eigenvalue weighted by Gasteiger charge is -2.16. The van der Waals surface area contributed by atoms with Crippen LogP contribution in [0.1, 0.15) is 49.9 Å². The molecule has 2 aromatic heterocycles. The third-order valence-electron chi connectivity index (χ3n) is 5.59. The van der Waals surface area contributed by atoms with E-state index >= 15 is 0 Å². The van der Waals surface area contributed by atoms with Gasteiger partial charge in [0.25, 0.3) is 0 Å². The molecule has 0 aliphatic heterocycles. The molecular weight excluding hydrogens is 396 g/mol.